The van der Waals surface area contributed by atoms with E-state index in [1.807, 2.05) is 54.0 Å². The Balaban J connectivity index is 1.75. The molecule has 5 aromatic rings. The zero-order chi connectivity index (χ0) is 20.7. The SMILES string of the molecule is C=Cc1ccc2nc(C)c(-c3nc(-c4ccccc4)c(-c4ncn(PI)n4)s3)n2c1. The molecule has 4 aromatic heterocycles. The largest absolute Gasteiger partial charge is 0.297 e. The fraction of sp³-hybridized carbons (Fsp3) is 0.0476. The van der Waals surface area contributed by atoms with Crippen molar-refractivity contribution in [1.82, 2.24) is 28.9 Å². The second kappa shape index (κ2) is 8.02. The Bertz CT molecular complexity index is 1370. The number of hydrogen-bond donors (Lipinski definition) is 0. The van der Waals surface area contributed by atoms with Crippen LogP contribution in [0, 0.1) is 6.92 Å². The fourth-order valence-corrected chi connectivity index (χ4v) is 5.38. The van der Waals surface area contributed by atoms with Crippen molar-refractivity contribution in [3.63, 3.8) is 0 Å². The van der Waals surface area contributed by atoms with Gasteiger partial charge < -0.3 is 0 Å². The lowest BCUT2D eigenvalue weighted by molar-refractivity contribution is 1.02. The monoisotopic (exact) mass is 542 g/mol. The molecule has 5 rings (SSSR count). The first-order chi connectivity index (χ1) is 14.7. The van der Waals surface area contributed by atoms with Crippen LogP contribution in [0.2, 0.25) is 0 Å². The third-order valence-corrected chi connectivity index (χ3v) is 7.64. The van der Waals surface area contributed by atoms with E-state index < -0.39 is 0 Å². The number of fused-ring (bicyclic) bond motifs is 1. The first kappa shape index (κ1) is 19.5. The zero-order valence-electron chi connectivity index (χ0n) is 16.0. The van der Waals surface area contributed by atoms with Gasteiger partial charge in [0.1, 0.15) is 27.6 Å². The van der Waals surface area contributed by atoms with Gasteiger partial charge in [-0.15, -0.1) is 16.4 Å². The molecule has 0 saturated carbocycles. The van der Waals surface area contributed by atoms with Crippen LogP contribution in [-0.2, 0) is 0 Å². The summed E-state index contributed by atoms with van der Waals surface area (Å²) in [6.45, 7) is 5.91. The summed E-state index contributed by atoms with van der Waals surface area (Å²) in [5, 5.41) is 5.53. The summed E-state index contributed by atoms with van der Waals surface area (Å²) >= 11 is 3.89. The summed E-state index contributed by atoms with van der Waals surface area (Å²) in [6.07, 6.45) is 6.15. The van der Waals surface area contributed by atoms with Gasteiger partial charge in [0.15, 0.2) is 5.82 Å². The average Bonchev–Trinajstić information content (AvgIpc) is 3.49. The van der Waals surface area contributed by atoms with Gasteiger partial charge in [-0.1, -0.05) is 43.0 Å². The van der Waals surface area contributed by atoms with E-state index in [4.69, 9.17) is 9.97 Å². The van der Waals surface area contributed by atoms with E-state index in [2.05, 4.69) is 55.2 Å². The van der Waals surface area contributed by atoms with Gasteiger partial charge in [0.25, 0.3) is 0 Å². The van der Waals surface area contributed by atoms with Crippen LogP contribution in [0.3, 0.4) is 0 Å². The lowest BCUT2D eigenvalue weighted by Gasteiger charge is -2.01. The smallest absolute Gasteiger partial charge is 0.193 e. The minimum Gasteiger partial charge on any atom is -0.297 e. The first-order valence-corrected chi connectivity index (χ1v) is 14.0. The van der Waals surface area contributed by atoms with Crippen molar-refractivity contribution in [2.24, 2.45) is 0 Å². The number of nitrogens with zero attached hydrogens (tertiary/aromatic N) is 6. The lowest BCUT2D eigenvalue weighted by atomic mass is 10.1. The van der Waals surface area contributed by atoms with Crippen LogP contribution in [0.4, 0.5) is 0 Å². The summed E-state index contributed by atoms with van der Waals surface area (Å²) in [6, 6.07) is 14.2. The maximum Gasteiger partial charge on any atom is 0.193 e. The molecular weight excluding hydrogens is 526 g/mol. The van der Waals surface area contributed by atoms with Gasteiger partial charge >= 0.3 is 0 Å². The highest BCUT2D eigenvalue weighted by Gasteiger charge is 2.22. The third kappa shape index (κ3) is 3.38. The third-order valence-electron chi connectivity index (χ3n) is 4.71. The Hall–Kier alpha value is -2.42. The maximum absolute atomic E-state index is 5.04. The van der Waals surface area contributed by atoms with Gasteiger partial charge in [0, 0.05) is 11.8 Å². The van der Waals surface area contributed by atoms with Crippen molar-refractivity contribution in [3.8, 4) is 32.7 Å². The van der Waals surface area contributed by atoms with Gasteiger partial charge in [-0.25, -0.2) is 19.4 Å². The standard InChI is InChI=1S/C21H16IN6PS/c1-3-14-9-10-16-24-13(2)18(27(16)11-14)21-25-17(15-7-5-4-6-8-15)19(30-21)20-23-12-28(26-20)29-22/h3-12,29H,1H2,2H3. The second-order valence-electron chi connectivity index (χ2n) is 6.60. The number of hydrogen-bond acceptors (Lipinski definition) is 5. The molecule has 0 aliphatic heterocycles. The molecule has 0 N–H and O–H groups in total. The predicted octanol–water partition coefficient (Wildman–Crippen LogP) is 6.13. The van der Waals surface area contributed by atoms with Gasteiger partial charge in [-0.3, -0.25) is 4.40 Å². The predicted molar refractivity (Wildman–Crippen MR) is 133 cm³/mol. The number of benzene rings is 1. The molecule has 9 heteroatoms. The Kier molecular flexibility index (Phi) is 5.22. The fourth-order valence-electron chi connectivity index (χ4n) is 3.33. The minimum atomic E-state index is 0.501. The maximum atomic E-state index is 5.04. The normalized spacial score (nSPS) is 11.7. The molecule has 148 valence electrons. The number of aryl methyl sites for hydroxylation is 1. The quantitative estimate of drug-likeness (QED) is 0.198. The molecule has 0 amide bonds. The van der Waals surface area contributed by atoms with Crippen molar-refractivity contribution < 1.29 is 0 Å². The molecule has 0 bridgehead atoms. The highest BCUT2D eigenvalue weighted by molar-refractivity contribution is 14.2. The Morgan fingerprint density at radius 3 is 2.70 bits per heavy atom. The van der Waals surface area contributed by atoms with Crippen LogP contribution < -0.4 is 0 Å². The van der Waals surface area contributed by atoms with Crippen LogP contribution in [0.1, 0.15) is 11.3 Å². The van der Waals surface area contributed by atoms with Gasteiger partial charge in [-0.05, 0) is 46.7 Å². The minimum absolute atomic E-state index is 0.501. The molecule has 1 atom stereocenters. The summed E-state index contributed by atoms with van der Waals surface area (Å²) in [7, 11) is 0. The lowest BCUT2D eigenvalue weighted by Crippen LogP contribution is -1.90. The average molecular weight is 542 g/mol. The number of imidazole rings is 1. The first-order valence-electron chi connectivity index (χ1n) is 9.14. The van der Waals surface area contributed by atoms with Crippen LogP contribution in [0.5, 0.6) is 0 Å². The molecule has 0 spiro atoms. The molecule has 1 aromatic carbocycles. The Labute approximate surface area is 192 Å². The molecule has 0 radical (unpaired) electrons. The molecule has 0 fully saturated rings. The number of thiazole rings is 1. The summed E-state index contributed by atoms with van der Waals surface area (Å²) in [5.41, 5.74) is 5.77. The van der Waals surface area contributed by atoms with E-state index >= 15 is 0 Å². The molecule has 0 saturated heterocycles. The van der Waals surface area contributed by atoms with Crippen LogP contribution in [0.25, 0.3) is 44.4 Å². The van der Waals surface area contributed by atoms with Crippen molar-refractivity contribution in [3.05, 3.63) is 72.8 Å². The molecular formula is C21H16IN6PS. The van der Waals surface area contributed by atoms with Crippen molar-refractivity contribution >= 4 is 51.5 Å². The Morgan fingerprint density at radius 2 is 1.97 bits per heavy atom. The van der Waals surface area contributed by atoms with E-state index in [1.54, 1.807) is 17.7 Å². The van der Waals surface area contributed by atoms with Gasteiger partial charge in [-0.2, -0.15) is 0 Å². The number of aromatic nitrogens is 6. The van der Waals surface area contributed by atoms with Crippen LogP contribution in [0.15, 0.2) is 61.6 Å². The van der Waals surface area contributed by atoms with Crippen LogP contribution >= 0.6 is 39.8 Å². The Morgan fingerprint density at radius 1 is 1.13 bits per heavy atom. The highest BCUT2D eigenvalue weighted by Crippen LogP contribution is 2.40. The highest BCUT2D eigenvalue weighted by atomic mass is 127. The second-order valence-corrected chi connectivity index (χ2v) is 9.67. The van der Waals surface area contributed by atoms with Crippen molar-refractivity contribution in [1.29, 1.82) is 0 Å². The topological polar surface area (TPSA) is 60.9 Å². The molecule has 30 heavy (non-hydrogen) atoms. The summed E-state index contributed by atoms with van der Waals surface area (Å²) in [5.74, 6) is 0.694. The van der Waals surface area contributed by atoms with Gasteiger partial charge in [0.05, 0.1) is 17.8 Å². The number of pyridine rings is 1. The summed E-state index contributed by atoms with van der Waals surface area (Å²) < 4.78 is 3.93. The van der Waals surface area contributed by atoms with Gasteiger partial charge in [0.2, 0.25) is 0 Å². The number of rotatable bonds is 5. The van der Waals surface area contributed by atoms with E-state index in [-0.39, 0.29) is 0 Å². The molecule has 0 aliphatic carbocycles. The molecule has 4 heterocycles. The summed E-state index contributed by atoms with van der Waals surface area (Å²) in [4.78, 5) is 15.3. The molecule has 0 aliphatic rings. The zero-order valence-corrected chi connectivity index (χ0v) is 19.9. The van der Waals surface area contributed by atoms with E-state index in [0.717, 1.165) is 43.7 Å². The van der Waals surface area contributed by atoms with E-state index in [9.17, 15) is 0 Å². The number of halogens is 1. The van der Waals surface area contributed by atoms with Crippen molar-refractivity contribution in [2.75, 3.05) is 0 Å². The van der Waals surface area contributed by atoms with E-state index in [0.29, 0.717) is 12.2 Å². The van der Waals surface area contributed by atoms with E-state index in [1.165, 1.54) is 0 Å². The molecule has 1 unspecified atom stereocenters. The van der Waals surface area contributed by atoms with Crippen molar-refractivity contribution in [2.45, 2.75) is 6.92 Å². The van der Waals surface area contributed by atoms with Crippen LogP contribution in [-0.4, -0.2) is 28.9 Å². The molecule has 6 nitrogen and oxygen atoms in total.